The molecule has 1 aromatic carbocycles. The Hall–Kier alpha value is -3.59. The molecule has 0 saturated carbocycles. The standard InChI is InChI=1S/C25H27FN6O2/c1-24-8-9-25(2,31-24)22(26)18(13-24)32(3)20-14-28-23(30-29-20)17-6-5-15(11-19(17)33)16-7-10-27-21(12-16)34-4/h5-12,14,18,22,31,33H,13H2,1-4H3/t18-,22-,24-,25+/m1/s1. The van der Waals surface area contributed by atoms with Crippen molar-refractivity contribution in [3.05, 3.63) is 54.9 Å². The summed E-state index contributed by atoms with van der Waals surface area (Å²) in [5, 5.41) is 22.5. The van der Waals surface area contributed by atoms with Crippen LogP contribution in [0.25, 0.3) is 22.5 Å². The van der Waals surface area contributed by atoms with Gasteiger partial charge in [0.15, 0.2) is 11.6 Å². The number of ether oxygens (including phenoxy) is 1. The first-order valence-electron chi connectivity index (χ1n) is 11.1. The van der Waals surface area contributed by atoms with Gasteiger partial charge in [0.05, 0.1) is 30.5 Å². The van der Waals surface area contributed by atoms with Gasteiger partial charge in [0.2, 0.25) is 5.88 Å². The van der Waals surface area contributed by atoms with Crippen molar-refractivity contribution in [2.24, 2.45) is 0 Å². The number of phenols is 1. The number of phenolic OH excluding ortho intramolecular Hbond substituents is 1. The van der Waals surface area contributed by atoms with Crippen LogP contribution in [0.5, 0.6) is 11.6 Å². The SMILES string of the molecule is COc1cc(-c2ccc(-c3ncc(N(C)[C@@H]4C[C@@]5(C)C=C[C@](C)(N5)[C@@H]4F)nn3)c(O)c2)ccn1. The molecule has 0 aliphatic carbocycles. The summed E-state index contributed by atoms with van der Waals surface area (Å²) in [7, 11) is 3.37. The Morgan fingerprint density at radius 1 is 1.12 bits per heavy atom. The van der Waals surface area contributed by atoms with Gasteiger partial charge >= 0.3 is 0 Å². The number of aromatic hydroxyl groups is 1. The van der Waals surface area contributed by atoms with Crippen LogP contribution in [0.15, 0.2) is 54.9 Å². The maximum absolute atomic E-state index is 15.4. The zero-order valence-electron chi connectivity index (χ0n) is 19.5. The van der Waals surface area contributed by atoms with Crippen LogP contribution in [0, 0.1) is 0 Å². The number of alkyl halides is 1. The van der Waals surface area contributed by atoms with Crippen LogP contribution >= 0.6 is 0 Å². The van der Waals surface area contributed by atoms with Crippen LogP contribution < -0.4 is 15.0 Å². The lowest BCUT2D eigenvalue weighted by Gasteiger charge is -2.47. The molecular formula is C25H27FN6O2. The van der Waals surface area contributed by atoms with E-state index < -0.39 is 11.7 Å². The zero-order chi connectivity index (χ0) is 24.1. The topological polar surface area (TPSA) is 96.3 Å². The van der Waals surface area contributed by atoms with E-state index in [0.29, 0.717) is 23.7 Å². The van der Waals surface area contributed by atoms with Crippen molar-refractivity contribution in [1.29, 1.82) is 0 Å². The van der Waals surface area contributed by atoms with E-state index >= 15 is 4.39 Å². The number of piperidine rings is 1. The molecule has 2 aromatic heterocycles. The number of hydrogen-bond acceptors (Lipinski definition) is 8. The highest BCUT2D eigenvalue weighted by atomic mass is 19.1. The van der Waals surface area contributed by atoms with Crippen LogP contribution in [0.4, 0.5) is 10.2 Å². The number of benzene rings is 1. The van der Waals surface area contributed by atoms with E-state index in [1.54, 1.807) is 42.6 Å². The molecule has 3 aromatic rings. The quantitative estimate of drug-likeness (QED) is 0.556. The van der Waals surface area contributed by atoms with Gasteiger partial charge < -0.3 is 14.7 Å². The predicted molar refractivity (Wildman–Crippen MR) is 128 cm³/mol. The molecule has 2 N–H and O–H groups in total. The van der Waals surface area contributed by atoms with Gasteiger partial charge in [0.25, 0.3) is 0 Å². The Morgan fingerprint density at radius 3 is 2.62 bits per heavy atom. The van der Waals surface area contributed by atoms with Gasteiger partial charge in [-0.1, -0.05) is 18.2 Å². The van der Waals surface area contributed by atoms with Crippen molar-refractivity contribution in [3.8, 4) is 34.1 Å². The molecule has 0 amide bonds. The van der Waals surface area contributed by atoms with Crippen molar-refractivity contribution >= 4 is 5.82 Å². The minimum absolute atomic E-state index is 0.0295. The van der Waals surface area contributed by atoms with Crippen molar-refractivity contribution in [2.45, 2.75) is 43.6 Å². The molecule has 2 bridgehead atoms. The highest BCUT2D eigenvalue weighted by molar-refractivity contribution is 5.73. The summed E-state index contributed by atoms with van der Waals surface area (Å²) in [5.41, 5.74) is 1.15. The van der Waals surface area contributed by atoms with E-state index in [4.69, 9.17) is 4.74 Å². The number of anilines is 1. The van der Waals surface area contributed by atoms with Gasteiger partial charge in [0.1, 0.15) is 11.9 Å². The summed E-state index contributed by atoms with van der Waals surface area (Å²) in [5.74, 6) is 1.28. The fraction of sp³-hybridized carbons (Fsp3) is 0.360. The Balaban J connectivity index is 1.37. The van der Waals surface area contributed by atoms with Gasteiger partial charge in [-0.05, 0) is 49.6 Å². The molecule has 34 heavy (non-hydrogen) atoms. The number of nitrogens with one attached hydrogen (secondary N) is 1. The van der Waals surface area contributed by atoms with E-state index in [-0.39, 0.29) is 23.2 Å². The highest BCUT2D eigenvalue weighted by Gasteiger charge is 2.53. The van der Waals surface area contributed by atoms with E-state index in [2.05, 4.69) is 38.5 Å². The molecule has 176 valence electrons. The molecule has 0 radical (unpaired) electrons. The number of methoxy groups -OCH3 is 1. The van der Waals surface area contributed by atoms with E-state index in [1.165, 1.54) is 0 Å². The van der Waals surface area contributed by atoms with E-state index in [0.717, 1.165) is 11.1 Å². The molecule has 5 rings (SSSR count). The van der Waals surface area contributed by atoms with Gasteiger partial charge in [-0.25, -0.2) is 14.4 Å². The number of aromatic nitrogens is 4. The molecule has 2 aliphatic rings. The maximum Gasteiger partial charge on any atom is 0.213 e. The zero-order valence-corrected chi connectivity index (χ0v) is 19.5. The minimum atomic E-state index is -1.12. The lowest BCUT2D eigenvalue weighted by Crippen LogP contribution is -2.66. The molecule has 1 fully saturated rings. The Bertz CT molecular complexity index is 1250. The van der Waals surface area contributed by atoms with Crippen LogP contribution in [0.2, 0.25) is 0 Å². The van der Waals surface area contributed by atoms with Gasteiger partial charge in [-0.2, -0.15) is 0 Å². The minimum Gasteiger partial charge on any atom is -0.507 e. The monoisotopic (exact) mass is 462 g/mol. The number of halogens is 1. The number of rotatable bonds is 5. The van der Waals surface area contributed by atoms with E-state index in [9.17, 15) is 5.11 Å². The molecule has 2 aliphatic heterocycles. The van der Waals surface area contributed by atoms with Crippen LogP contribution in [-0.2, 0) is 0 Å². The molecule has 4 heterocycles. The largest absolute Gasteiger partial charge is 0.507 e. The van der Waals surface area contributed by atoms with Crippen molar-refractivity contribution in [3.63, 3.8) is 0 Å². The lowest BCUT2D eigenvalue weighted by atomic mass is 9.81. The lowest BCUT2D eigenvalue weighted by molar-refractivity contribution is 0.100. The number of pyridine rings is 1. The molecule has 0 unspecified atom stereocenters. The van der Waals surface area contributed by atoms with Crippen LogP contribution in [-0.4, -0.2) is 62.7 Å². The molecule has 4 atom stereocenters. The highest BCUT2D eigenvalue weighted by Crippen LogP contribution is 2.41. The Labute approximate surface area is 197 Å². The summed E-state index contributed by atoms with van der Waals surface area (Å²) in [4.78, 5) is 10.3. The first-order chi connectivity index (χ1) is 16.2. The molecule has 8 nitrogen and oxygen atoms in total. The van der Waals surface area contributed by atoms with Crippen molar-refractivity contribution in [2.75, 3.05) is 19.1 Å². The second-order valence-corrected chi connectivity index (χ2v) is 9.40. The van der Waals surface area contributed by atoms with Gasteiger partial charge in [-0.15, -0.1) is 10.2 Å². The predicted octanol–water partition coefficient (Wildman–Crippen LogP) is 3.54. The van der Waals surface area contributed by atoms with Gasteiger partial charge in [-0.3, -0.25) is 5.32 Å². The second kappa shape index (κ2) is 8.02. The first kappa shape index (κ1) is 22.2. The number of fused-ring (bicyclic) bond motifs is 2. The fourth-order valence-corrected chi connectivity index (χ4v) is 4.93. The molecule has 9 heteroatoms. The van der Waals surface area contributed by atoms with Crippen molar-refractivity contribution in [1.82, 2.24) is 25.5 Å². The van der Waals surface area contributed by atoms with Gasteiger partial charge in [0, 0.05) is 24.8 Å². The third kappa shape index (κ3) is 3.75. The number of nitrogens with zero attached hydrogens (tertiary/aromatic N) is 5. The Morgan fingerprint density at radius 2 is 1.91 bits per heavy atom. The summed E-state index contributed by atoms with van der Waals surface area (Å²) < 4.78 is 20.6. The number of hydrogen-bond donors (Lipinski definition) is 2. The normalized spacial score (nSPS) is 27.6. The average molecular weight is 463 g/mol. The first-order valence-corrected chi connectivity index (χ1v) is 11.1. The molecular weight excluding hydrogens is 435 g/mol. The third-order valence-electron chi connectivity index (χ3n) is 6.82. The Kier molecular flexibility index (Phi) is 5.24. The van der Waals surface area contributed by atoms with E-state index in [1.807, 2.05) is 32.2 Å². The third-order valence-corrected chi connectivity index (χ3v) is 6.82. The molecule has 0 spiro atoms. The second-order valence-electron chi connectivity index (χ2n) is 9.40. The average Bonchev–Trinajstić information content (AvgIpc) is 3.12. The maximum atomic E-state index is 15.4. The fourth-order valence-electron chi connectivity index (χ4n) is 4.93. The summed E-state index contributed by atoms with van der Waals surface area (Å²) >= 11 is 0. The molecule has 1 saturated heterocycles. The van der Waals surface area contributed by atoms with Crippen molar-refractivity contribution < 1.29 is 14.2 Å². The van der Waals surface area contributed by atoms with Crippen LogP contribution in [0.3, 0.4) is 0 Å². The summed E-state index contributed by atoms with van der Waals surface area (Å²) in [6.07, 6.45) is 6.67. The smallest absolute Gasteiger partial charge is 0.213 e. The summed E-state index contributed by atoms with van der Waals surface area (Å²) in [6, 6.07) is 8.49. The van der Waals surface area contributed by atoms with Crippen LogP contribution in [0.1, 0.15) is 20.3 Å². The summed E-state index contributed by atoms with van der Waals surface area (Å²) in [6.45, 7) is 3.95.